The molecule has 1 aliphatic carbocycles. The third-order valence-corrected chi connectivity index (χ3v) is 2.87. The summed E-state index contributed by atoms with van der Waals surface area (Å²) in [7, 11) is 0. The van der Waals surface area contributed by atoms with Crippen LogP contribution in [-0.2, 0) is 4.79 Å². The minimum Gasteiger partial charge on any atom is -0.395 e. The van der Waals surface area contributed by atoms with Gasteiger partial charge in [-0.15, -0.1) is 0 Å². The van der Waals surface area contributed by atoms with E-state index in [1.165, 1.54) is 4.90 Å². The average molecular weight is 216 g/mol. The number of aliphatic hydroxyl groups excluding tert-OH is 2. The van der Waals surface area contributed by atoms with Crippen LogP contribution in [0.3, 0.4) is 0 Å². The largest absolute Gasteiger partial charge is 0.395 e. The van der Waals surface area contributed by atoms with Crippen LogP contribution in [-0.4, -0.2) is 53.4 Å². The molecule has 1 fully saturated rings. The third kappa shape index (κ3) is 3.44. The van der Waals surface area contributed by atoms with E-state index in [1.54, 1.807) is 0 Å². The second-order valence-electron chi connectivity index (χ2n) is 4.04. The van der Waals surface area contributed by atoms with Gasteiger partial charge >= 0.3 is 0 Å². The number of amides is 1. The summed E-state index contributed by atoms with van der Waals surface area (Å²) < 4.78 is 0. The molecule has 88 valence electrons. The molecule has 0 radical (unpaired) electrons. The highest BCUT2D eigenvalue weighted by Gasteiger charge is 2.30. The van der Waals surface area contributed by atoms with Crippen molar-refractivity contribution >= 4 is 5.91 Å². The molecule has 2 unspecified atom stereocenters. The van der Waals surface area contributed by atoms with E-state index < -0.39 is 0 Å². The molecular formula is C10H20N2O3. The second-order valence-corrected chi connectivity index (χ2v) is 4.04. The van der Waals surface area contributed by atoms with E-state index in [0.717, 1.165) is 19.3 Å². The normalized spacial score (nSPS) is 25.5. The van der Waals surface area contributed by atoms with Crippen LogP contribution in [0.4, 0.5) is 0 Å². The summed E-state index contributed by atoms with van der Waals surface area (Å²) in [5.74, 6) is 0.00384. The van der Waals surface area contributed by atoms with Crippen molar-refractivity contribution < 1.29 is 15.0 Å². The van der Waals surface area contributed by atoms with Crippen LogP contribution in [0.25, 0.3) is 0 Å². The number of hydrogen-bond donors (Lipinski definition) is 3. The number of hydrogen-bond acceptors (Lipinski definition) is 4. The van der Waals surface area contributed by atoms with Gasteiger partial charge in [0.05, 0.1) is 13.2 Å². The number of rotatable bonds is 5. The first-order valence-electron chi connectivity index (χ1n) is 5.45. The zero-order valence-electron chi connectivity index (χ0n) is 8.93. The molecule has 0 saturated heterocycles. The summed E-state index contributed by atoms with van der Waals surface area (Å²) in [5, 5.41) is 17.6. The predicted molar refractivity (Wildman–Crippen MR) is 56.1 cm³/mol. The first-order valence-corrected chi connectivity index (χ1v) is 5.45. The standard InChI is InChI=1S/C10H20N2O3/c11-9-2-1-8(7-9)10(15)12(3-5-13)4-6-14/h8-9,13-14H,1-7,11H2. The van der Waals surface area contributed by atoms with Crippen molar-refractivity contribution in [3.8, 4) is 0 Å². The fourth-order valence-corrected chi connectivity index (χ4v) is 2.07. The van der Waals surface area contributed by atoms with Gasteiger partial charge in [0.25, 0.3) is 0 Å². The SMILES string of the molecule is NC1CCC(C(=O)N(CCO)CCO)C1. The van der Waals surface area contributed by atoms with Crippen LogP contribution in [0, 0.1) is 5.92 Å². The number of carbonyl (C=O) groups excluding carboxylic acids is 1. The van der Waals surface area contributed by atoms with Gasteiger partial charge in [0.2, 0.25) is 5.91 Å². The molecule has 5 heteroatoms. The first kappa shape index (κ1) is 12.4. The number of aliphatic hydroxyl groups is 2. The molecule has 0 aromatic heterocycles. The van der Waals surface area contributed by atoms with Gasteiger partial charge < -0.3 is 20.8 Å². The van der Waals surface area contributed by atoms with E-state index in [0.29, 0.717) is 13.1 Å². The Morgan fingerprint density at radius 2 is 1.87 bits per heavy atom. The first-order chi connectivity index (χ1) is 7.19. The van der Waals surface area contributed by atoms with Crippen molar-refractivity contribution in [2.24, 2.45) is 11.7 Å². The van der Waals surface area contributed by atoms with Gasteiger partial charge in [-0.05, 0) is 19.3 Å². The van der Waals surface area contributed by atoms with Crippen LogP contribution in [0.2, 0.25) is 0 Å². The minimum atomic E-state index is -0.0650. The van der Waals surface area contributed by atoms with Crippen molar-refractivity contribution in [3.63, 3.8) is 0 Å². The molecule has 0 aromatic carbocycles. The quantitative estimate of drug-likeness (QED) is 0.546. The Balaban J connectivity index is 2.47. The number of carbonyl (C=O) groups is 1. The van der Waals surface area contributed by atoms with Gasteiger partial charge in [0.15, 0.2) is 0 Å². The maximum Gasteiger partial charge on any atom is 0.225 e. The van der Waals surface area contributed by atoms with E-state index >= 15 is 0 Å². The fraction of sp³-hybridized carbons (Fsp3) is 0.900. The van der Waals surface area contributed by atoms with Gasteiger partial charge in [0, 0.05) is 25.0 Å². The van der Waals surface area contributed by atoms with Crippen LogP contribution in [0.5, 0.6) is 0 Å². The fourth-order valence-electron chi connectivity index (χ4n) is 2.07. The van der Waals surface area contributed by atoms with Crippen molar-refractivity contribution in [1.29, 1.82) is 0 Å². The molecule has 5 nitrogen and oxygen atoms in total. The van der Waals surface area contributed by atoms with E-state index in [2.05, 4.69) is 0 Å². The lowest BCUT2D eigenvalue weighted by Gasteiger charge is -2.24. The molecule has 0 bridgehead atoms. The highest BCUT2D eigenvalue weighted by molar-refractivity contribution is 5.79. The van der Waals surface area contributed by atoms with Gasteiger partial charge in [-0.2, -0.15) is 0 Å². The molecule has 1 aliphatic rings. The summed E-state index contributed by atoms with van der Waals surface area (Å²) in [6, 6.07) is 0.129. The number of nitrogens with two attached hydrogens (primary N) is 1. The maximum atomic E-state index is 11.9. The molecule has 1 saturated carbocycles. The Kier molecular flexibility index (Phi) is 5.01. The van der Waals surface area contributed by atoms with E-state index in [4.69, 9.17) is 15.9 Å². The smallest absolute Gasteiger partial charge is 0.225 e. The maximum absolute atomic E-state index is 11.9. The van der Waals surface area contributed by atoms with Gasteiger partial charge in [0.1, 0.15) is 0 Å². The summed E-state index contributed by atoms with van der Waals surface area (Å²) in [5.41, 5.74) is 5.74. The van der Waals surface area contributed by atoms with Crippen LogP contribution in [0.1, 0.15) is 19.3 Å². The molecule has 4 N–H and O–H groups in total. The third-order valence-electron chi connectivity index (χ3n) is 2.87. The van der Waals surface area contributed by atoms with Crippen molar-refractivity contribution in [2.45, 2.75) is 25.3 Å². The van der Waals surface area contributed by atoms with Crippen LogP contribution >= 0.6 is 0 Å². The van der Waals surface area contributed by atoms with Crippen molar-refractivity contribution in [3.05, 3.63) is 0 Å². The van der Waals surface area contributed by atoms with Gasteiger partial charge in [-0.1, -0.05) is 0 Å². The van der Waals surface area contributed by atoms with Crippen molar-refractivity contribution in [1.82, 2.24) is 4.90 Å². The van der Waals surface area contributed by atoms with Crippen LogP contribution < -0.4 is 5.73 Å². The zero-order valence-corrected chi connectivity index (χ0v) is 8.93. The van der Waals surface area contributed by atoms with E-state index in [-0.39, 0.29) is 31.1 Å². The molecule has 0 spiro atoms. The van der Waals surface area contributed by atoms with Crippen molar-refractivity contribution in [2.75, 3.05) is 26.3 Å². The molecule has 15 heavy (non-hydrogen) atoms. The molecule has 0 aliphatic heterocycles. The summed E-state index contributed by atoms with van der Waals surface area (Å²) in [6.45, 7) is 0.464. The highest BCUT2D eigenvalue weighted by atomic mass is 16.3. The lowest BCUT2D eigenvalue weighted by atomic mass is 10.1. The molecular weight excluding hydrogens is 196 g/mol. The highest BCUT2D eigenvalue weighted by Crippen LogP contribution is 2.25. The Bertz CT molecular complexity index is 205. The van der Waals surface area contributed by atoms with Gasteiger partial charge in [-0.3, -0.25) is 4.79 Å². The topological polar surface area (TPSA) is 86.8 Å². The molecule has 2 atom stereocenters. The molecule has 1 rings (SSSR count). The van der Waals surface area contributed by atoms with E-state index in [1.807, 2.05) is 0 Å². The summed E-state index contributed by atoms with van der Waals surface area (Å²) >= 11 is 0. The molecule has 0 aromatic rings. The van der Waals surface area contributed by atoms with E-state index in [9.17, 15) is 4.79 Å². The van der Waals surface area contributed by atoms with Gasteiger partial charge in [-0.25, -0.2) is 0 Å². The Labute approximate surface area is 89.9 Å². The number of nitrogens with zero attached hydrogens (tertiary/aromatic N) is 1. The lowest BCUT2D eigenvalue weighted by Crippen LogP contribution is -2.39. The average Bonchev–Trinajstić information content (AvgIpc) is 2.63. The Morgan fingerprint density at radius 1 is 1.27 bits per heavy atom. The monoisotopic (exact) mass is 216 g/mol. The molecule has 1 amide bonds. The predicted octanol–water partition coefficient (Wildman–Crippen LogP) is -1.07. The Hall–Kier alpha value is -0.650. The van der Waals surface area contributed by atoms with Crippen LogP contribution in [0.15, 0.2) is 0 Å². The summed E-state index contributed by atoms with van der Waals surface area (Å²) in [4.78, 5) is 13.4. The summed E-state index contributed by atoms with van der Waals surface area (Å²) in [6.07, 6.45) is 2.45. The lowest BCUT2D eigenvalue weighted by molar-refractivity contribution is -0.136. The zero-order chi connectivity index (χ0) is 11.3. The minimum absolute atomic E-state index is 0.0156. The molecule has 0 heterocycles. The Morgan fingerprint density at radius 3 is 2.27 bits per heavy atom. The second kappa shape index (κ2) is 6.05.